The molecule has 1 heterocycles. The van der Waals surface area contributed by atoms with Crippen molar-refractivity contribution in [2.75, 3.05) is 24.4 Å². The fourth-order valence-electron chi connectivity index (χ4n) is 4.14. The molecule has 0 unspecified atom stereocenters. The summed E-state index contributed by atoms with van der Waals surface area (Å²) in [6, 6.07) is 17.6. The minimum absolute atomic E-state index is 0.0857. The van der Waals surface area contributed by atoms with E-state index < -0.39 is 11.7 Å². The third-order valence-corrected chi connectivity index (χ3v) is 6.61. The van der Waals surface area contributed by atoms with E-state index >= 15 is 0 Å². The molecule has 4 aromatic rings. The van der Waals surface area contributed by atoms with Crippen LogP contribution >= 0.6 is 11.6 Å². The SMILES string of the molecule is COCCn1c(C(=O)Nc2ccc(F)cc2)cc2cc(NC(=O)c3cc(CNC(=O)C(C)C)ccc3Cl)ccc21. The Bertz CT molecular complexity index is 1550. The summed E-state index contributed by atoms with van der Waals surface area (Å²) in [5.74, 6) is -1.40. The van der Waals surface area contributed by atoms with E-state index in [2.05, 4.69) is 16.0 Å². The Kier molecular flexibility index (Phi) is 9.19. The van der Waals surface area contributed by atoms with Gasteiger partial charge in [-0.15, -0.1) is 0 Å². The number of rotatable bonds is 10. The number of carbonyl (C=O) groups is 3. The van der Waals surface area contributed by atoms with Crippen LogP contribution in [-0.2, 0) is 22.6 Å². The number of nitrogens with one attached hydrogen (secondary N) is 3. The number of carbonyl (C=O) groups excluding carboxylic acids is 3. The smallest absolute Gasteiger partial charge is 0.272 e. The van der Waals surface area contributed by atoms with Crippen LogP contribution in [0.4, 0.5) is 15.8 Å². The molecule has 3 N–H and O–H groups in total. The highest BCUT2D eigenvalue weighted by atomic mass is 35.5. The first-order valence-electron chi connectivity index (χ1n) is 12.7. The minimum Gasteiger partial charge on any atom is -0.383 e. The third kappa shape index (κ3) is 6.86. The summed E-state index contributed by atoms with van der Waals surface area (Å²) in [6.07, 6.45) is 0. The number of halogens is 2. The topological polar surface area (TPSA) is 101 Å². The molecule has 0 aliphatic rings. The van der Waals surface area contributed by atoms with Crippen LogP contribution in [0.25, 0.3) is 10.9 Å². The van der Waals surface area contributed by atoms with Crippen LogP contribution in [-0.4, -0.2) is 36.0 Å². The second-order valence-corrected chi connectivity index (χ2v) is 9.96. The summed E-state index contributed by atoms with van der Waals surface area (Å²) in [5.41, 5.74) is 3.16. The van der Waals surface area contributed by atoms with Crippen LogP contribution in [0.15, 0.2) is 66.7 Å². The van der Waals surface area contributed by atoms with E-state index in [-0.39, 0.29) is 34.9 Å². The van der Waals surface area contributed by atoms with Gasteiger partial charge in [0, 0.05) is 48.4 Å². The number of aromatic nitrogens is 1. The first kappa shape index (κ1) is 28.8. The molecular formula is C30H30ClFN4O4. The van der Waals surface area contributed by atoms with Gasteiger partial charge in [-0.2, -0.15) is 0 Å². The quantitative estimate of drug-likeness (QED) is 0.225. The Morgan fingerprint density at radius 2 is 1.62 bits per heavy atom. The normalized spacial score (nSPS) is 11.1. The van der Waals surface area contributed by atoms with Crippen molar-refractivity contribution in [2.24, 2.45) is 5.92 Å². The predicted octanol–water partition coefficient (Wildman–Crippen LogP) is 5.86. The lowest BCUT2D eigenvalue weighted by Gasteiger charge is -2.12. The lowest BCUT2D eigenvalue weighted by Crippen LogP contribution is -2.27. The van der Waals surface area contributed by atoms with Gasteiger partial charge in [0.2, 0.25) is 5.91 Å². The molecule has 3 amide bonds. The number of hydrogen-bond donors (Lipinski definition) is 3. The van der Waals surface area contributed by atoms with Crippen LogP contribution in [0, 0.1) is 11.7 Å². The zero-order valence-corrected chi connectivity index (χ0v) is 23.1. The number of benzene rings is 3. The van der Waals surface area contributed by atoms with E-state index in [1.54, 1.807) is 57.4 Å². The van der Waals surface area contributed by atoms with Gasteiger partial charge in [-0.05, 0) is 66.2 Å². The van der Waals surface area contributed by atoms with Gasteiger partial charge in [-0.1, -0.05) is 31.5 Å². The van der Waals surface area contributed by atoms with Gasteiger partial charge in [-0.3, -0.25) is 14.4 Å². The molecule has 0 saturated heterocycles. The Balaban J connectivity index is 1.56. The maximum atomic E-state index is 13.3. The van der Waals surface area contributed by atoms with Crippen LogP contribution in [0.3, 0.4) is 0 Å². The van der Waals surface area contributed by atoms with Crippen molar-refractivity contribution in [1.82, 2.24) is 9.88 Å². The summed E-state index contributed by atoms with van der Waals surface area (Å²) < 4.78 is 20.3. The fraction of sp³-hybridized carbons (Fsp3) is 0.233. The number of nitrogens with zero attached hydrogens (tertiary/aromatic N) is 1. The number of amides is 3. The van der Waals surface area contributed by atoms with E-state index in [9.17, 15) is 18.8 Å². The molecule has 10 heteroatoms. The zero-order valence-electron chi connectivity index (χ0n) is 22.4. The standard InChI is InChI=1S/C30H30ClFN4O4/c1-18(2)28(37)33-17-19-4-10-25(31)24(14-19)29(38)35-23-9-11-26-20(15-23)16-27(36(26)12-13-40-3)30(39)34-22-7-5-21(32)6-8-22/h4-11,14-16,18H,12-13,17H2,1-3H3,(H,33,37)(H,34,39)(H,35,38). The molecule has 0 atom stereocenters. The average molecular weight is 565 g/mol. The van der Waals surface area contributed by atoms with Crippen LogP contribution in [0.1, 0.15) is 40.3 Å². The van der Waals surface area contributed by atoms with Gasteiger partial charge in [0.15, 0.2) is 0 Å². The van der Waals surface area contributed by atoms with Gasteiger partial charge in [0.25, 0.3) is 11.8 Å². The number of anilines is 2. The van der Waals surface area contributed by atoms with Crippen molar-refractivity contribution in [1.29, 1.82) is 0 Å². The molecule has 0 radical (unpaired) electrons. The molecule has 8 nitrogen and oxygen atoms in total. The van der Waals surface area contributed by atoms with Crippen molar-refractivity contribution >= 4 is 51.6 Å². The van der Waals surface area contributed by atoms with Crippen LogP contribution in [0.2, 0.25) is 5.02 Å². The summed E-state index contributed by atoms with van der Waals surface area (Å²) >= 11 is 6.32. The maximum absolute atomic E-state index is 13.3. The van der Waals surface area contributed by atoms with Crippen LogP contribution < -0.4 is 16.0 Å². The fourth-order valence-corrected chi connectivity index (χ4v) is 4.34. The molecule has 0 fully saturated rings. The van der Waals surface area contributed by atoms with Crippen molar-refractivity contribution in [3.63, 3.8) is 0 Å². The molecular weight excluding hydrogens is 535 g/mol. The van der Waals surface area contributed by atoms with Gasteiger partial charge in [0.1, 0.15) is 11.5 Å². The van der Waals surface area contributed by atoms with E-state index in [4.69, 9.17) is 16.3 Å². The number of methoxy groups -OCH3 is 1. The second-order valence-electron chi connectivity index (χ2n) is 9.55. The van der Waals surface area contributed by atoms with Gasteiger partial charge >= 0.3 is 0 Å². The van der Waals surface area contributed by atoms with Crippen molar-refractivity contribution in [2.45, 2.75) is 26.9 Å². The lowest BCUT2D eigenvalue weighted by molar-refractivity contribution is -0.124. The average Bonchev–Trinajstić information content (AvgIpc) is 3.30. The predicted molar refractivity (Wildman–Crippen MR) is 154 cm³/mol. The third-order valence-electron chi connectivity index (χ3n) is 6.28. The molecule has 4 rings (SSSR count). The van der Waals surface area contributed by atoms with Gasteiger partial charge in [0.05, 0.1) is 17.2 Å². The Hall–Kier alpha value is -4.21. The van der Waals surface area contributed by atoms with Crippen LogP contribution in [0.5, 0.6) is 0 Å². The number of fused-ring (bicyclic) bond motifs is 1. The summed E-state index contributed by atoms with van der Waals surface area (Å²) in [7, 11) is 1.58. The van der Waals surface area contributed by atoms with Crippen molar-refractivity contribution in [3.05, 3.63) is 94.4 Å². The lowest BCUT2D eigenvalue weighted by atomic mass is 10.1. The highest BCUT2D eigenvalue weighted by Crippen LogP contribution is 2.26. The monoisotopic (exact) mass is 564 g/mol. The molecule has 40 heavy (non-hydrogen) atoms. The Morgan fingerprint density at radius 1 is 0.925 bits per heavy atom. The first-order chi connectivity index (χ1) is 19.2. The maximum Gasteiger partial charge on any atom is 0.272 e. The molecule has 0 saturated carbocycles. The number of ether oxygens (including phenoxy) is 1. The first-order valence-corrected chi connectivity index (χ1v) is 13.1. The Labute approximate surface area is 236 Å². The van der Waals surface area contributed by atoms with Gasteiger partial charge in [-0.25, -0.2) is 4.39 Å². The highest BCUT2D eigenvalue weighted by Gasteiger charge is 2.18. The van der Waals surface area contributed by atoms with E-state index in [1.807, 2.05) is 10.6 Å². The van der Waals surface area contributed by atoms with E-state index in [0.29, 0.717) is 30.2 Å². The molecule has 0 aliphatic heterocycles. The summed E-state index contributed by atoms with van der Waals surface area (Å²) in [5, 5.41) is 9.50. The molecule has 208 valence electrons. The zero-order chi connectivity index (χ0) is 28.8. The Morgan fingerprint density at radius 3 is 2.33 bits per heavy atom. The molecule has 1 aromatic heterocycles. The molecule has 0 bridgehead atoms. The van der Waals surface area contributed by atoms with Crippen molar-refractivity contribution in [3.8, 4) is 0 Å². The van der Waals surface area contributed by atoms with Gasteiger partial charge < -0.3 is 25.3 Å². The minimum atomic E-state index is -0.408. The molecule has 0 spiro atoms. The van der Waals surface area contributed by atoms with E-state index in [0.717, 1.165) is 16.5 Å². The largest absolute Gasteiger partial charge is 0.383 e. The van der Waals surface area contributed by atoms with E-state index in [1.165, 1.54) is 24.3 Å². The second kappa shape index (κ2) is 12.8. The van der Waals surface area contributed by atoms with Crippen molar-refractivity contribution < 1.29 is 23.5 Å². The number of hydrogen-bond acceptors (Lipinski definition) is 4. The summed E-state index contributed by atoms with van der Waals surface area (Å²) in [6.45, 7) is 4.69. The highest BCUT2D eigenvalue weighted by molar-refractivity contribution is 6.34. The summed E-state index contributed by atoms with van der Waals surface area (Å²) in [4.78, 5) is 38.2. The molecule has 0 aliphatic carbocycles. The molecule has 3 aromatic carbocycles.